The Hall–Kier alpha value is -1.83. The lowest BCUT2D eigenvalue weighted by atomic mass is 9.65. The first-order valence-electron chi connectivity index (χ1n) is 10.5. The van der Waals surface area contributed by atoms with Gasteiger partial charge in [-0.3, -0.25) is 14.9 Å². The maximum Gasteiger partial charge on any atom is 0.413 e. The fraction of sp³-hybridized carbons (Fsp3) is 0.762. The number of amides is 2. The maximum absolute atomic E-state index is 12.9. The highest BCUT2D eigenvalue weighted by atomic mass is 28.4. The SMILES string of the molecule is COC(=O)NC(=O)[C@@]12CC=C(O[Si](C(C)C)(C(C)C)C(C)C)C[C@@H]1CCOC2=O. The Kier molecular flexibility index (Phi) is 7.19. The van der Waals surface area contributed by atoms with Crippen molar-refractivity contribution in [1.29, 1.82) is 0 Å². The molecule has 7 nitrogen and oxygen atoms in total. The zero-order valence-corrected chi connectivity index (χ0v) is 19.7. The molecular formula is C21H35NO6Si. The fourth-order valence-electron chi connectivity index (χ4n) is 5.25. The van der Waals surface area contributed by atoms with Gasteiger partial charge < -0.3 is 13.9 Å². The molecule has 1 heterocycles. The van der Waals surface area contributed by atoms with Crippen LogP contribution in [0.2, 0.25) is 16.6 Å². The van der Waals surface area contributed by atoms with Crippen molar-refractivity contribution in [3.8, 4) is 0 Å². The second-order valence-electron chi connectivity index (χ2n) is 9.04. The third-order valence-electron chi connectivity index (χ3n) is 6.68. The number of ether oxygens (including phenoxy) is 2. The zero-order chi connectivity index (χ0) is 22.0. The van der Waals surface area contributed by atoms with E-state index < -0.39 is 31.7 Å². The highest BCUT2D eigenvalue weighted by Crippen LogP contribution is 2.50. The van der Waals surface area contributed by atoms with E-state index in [4.69, 9.17) is 9.16 Å². The Bertz CT molecular complexity index is 665. The summed E-state index contributed by atoms with van der Waals surface area (Å²) in [5, 5.41) is 2.18. The van der Waals surface area contributed by atoms with Crippen LogP contribution in [0, 0.1) is 11.3 Å². The quantitative estimate of drug-likeness (QED) is 0.388. The number of esters is 1. The molecule has 8 heteroatoms. The molecule has 164 valence electrons. The van der Waals surface area contributed by atoms with Gasteiger partial charge in [0.2, 0.25) is 5.91 Å². The van der Waals surface area contributed by atoms with Crippen LogP contribution in [-0.2, 0) is 23.5 Å². The number of fused-ring (bicyclic) bond motifs is 1. The molecule has 0 unspecified atom stereocenters. The number of hydrogen-bond donors (Lipinski definition) is 1. The van der Waals surface area contributed by atoms with Crippen LogP contribution in [-0.4, -0.2) is 40.0 Å². The van der Waals surface area contributed by atoms with E-state index in [1.807, 2.05) is 6.08 Å². The average molecular weight is 426 g/mol. The summed E-state index contributed by atoms with van der Waals surface area (Å²) < 4.78 is 16.6. The lowest BCUT2D eigenvalue weighted by Gasteiger charge is -2.47. The molecule has 2 rings (SSSR count). The molecule has 2 atom stereocenters. The van der Waals surface area contributed by atoms with Gasteiger partial charge in [-0.05, 0) is 41.5 Å². The monoisotopic (exact) mass is 425 g/mol. The first kappa shape index (κ1) is 23.4. The van der Waals surface area contributed by atoms with E-state index in [0.29, 0.717) is 29.5 Å². The number of hydrogen-bond acceptors (Lipinski definition) is 6. The van der Waals surface area contributed by atoms with E-state index in [-0.39, 0.29) is 18.9 Å². The summed E-state index contributed by atoms with van der Waals surface area (Å²) in [4.78, 5) is 37.1. The average Bonchev–Trinajstić information content (AvgIpc) is 2.65. The predicted molar refractivity (Wildman–Crippen MR) is 111 cm³/mol. The minimum atomic E-state index is -2.13. The van der Waals surface area contributed by atoms with Crippen molar-refractivity contribution in [2.24, 2.45) is 11.3 Å². The van der Waals surface area contributed by atoms with E-state index in [1.54, 1.807) is 0 Å². The first-order valence-corrected chi connectivity index (χ1v) is 12.6. The molecule has 1 aliphatic carbocycles. The van der Waals surface area contributed by atoms with Crippen LogP contribution in [0.5, 0.6) is 0 Å². The van der Waals surface area contributed by atoms with Crippen LogP contribution in [0.3, 0.4) is 0 Å². The smallest absolute Gasteiger partial charge is 0.413 e. The molecule has 0 saturated carbocycles. The van der Waals surface area contributed by atoms with Crippen LogP contribution in [0.1, 0.15) is 60.8 Å². The second-order valence-corrected chi connectivity index (χ2v) is 14.4. The Morgan fingerprint density at radius 3 is 2.28 bits per heavy atom. The standard InChI is InChI=1S/C21H35NO6Si/c1-13(2)29(14(3)4,15(5)6)28-17-8-10-21(18(23)22-20(25)26-7)16(12-17)9-11-27-19(21)24/h8,13-16H,9-12H2,1-7H3,(H,22,23,25)/t16-,21+/m0/s1. The van der Waals surface area contributed by atoms with Gasteiger partial charge in [-0.2, -0.15) is 0 Å². The molecule has 1 saturated heterocycles. The van der Waals surface area contributed by atoms with E-state index in [2.05, 4.69) is 51.6 Å². The van der Waals surface area contributed by atoms with E-state index in [0.717, 1.165) is 5.76 Å². The Balaban J connectivity index is 2.37. The predicted octanol–water partition coefficient (Wildman–Crippen LogP) is 4.29. The lowest BCUT2D eigenvalue weighted by Crippen LogP contribution is -2.57. The van der Waals surface area contributed by atoms with Crippen LogP contribution in [0.15, 0.2) is 11.8 Å². The van der Waals surface area contributed by atoms with Crippen molar-refractivity contribution < 1.29 is 28.3 Å². The number of methoxy groups -OCH3 is 1. The lowest BCUT2D eigenvalue weighted by molar-refractivity contribution is -0.173. The van der Waals surface area contributed by atoms with Gasteiger partial charge in [-0.25, -0.2) is 4.79 Å². The summed E-state index contributed by atoms with van der Waals surface area (Å²) >= 11 is 0. The molecule has 0 aromatic heterocycles. The summed E-state index contributed by atoms with van der Waals surface area (Å²) in [6.45, 7) is 13.6. The van der Waals surface area contributed by atoms with Crippen molar-refractivity contribution in [1.82, 2.24) is 5.32 Å². The number of rotatable bonds is 6. The highest BCUT2D eigenvalue weighted by molar-refractivity contribution is 6.77. The van der Waals surface area contributed by atoms with Gasteiger partial charge >= 0.3 is 12.1 Å². The summed E-state index contributed by atoms with van der Waals surface area (Å²) in [5.41, 5.74) is -0.131. The van der Waals surface area contributed by atoms with E-state index >= 15 is 0 Å². The molecule has 2 aliphatic rings. The minimum Gasteiger partial charge on any atom is -0.546 e. The van der Waals surface area contributed by atoms with Gasteiger partial charge in [0.1, 0.15) is 0 Å². The van der Waals surface area contributed by atoms with Crippen LogP contribution < -0.4 is 5.32 Å². The van der Waals surface area contributed by atoms with E-state index in [1.165, 1.54) is 7.11 Å². The number of alkyl carbamates (subject to hydrolysis) is 1. The first-order chi connectivity index (χ1) is 13.5. The van der Waals surface area contributed by atoms with Crippen molar-refractivity contribution in [3.05, 3.63) is 11.8 Å². The minimum absolute atomic E-state index is 0.160. The third-order valence-corrected chi connectivity index (χ3v) is 12.7. The number of imide groups is 1. The number of carbonyl (C=O) groups excluding carboxylic acids is 3. The van der Waals surface area contributed by atoms with E-state index in [9.17, 15) is 14.4 Å². The van der Waals surface area contributed by atoms with Gasteiger partial charge in [0.05, 0.1) is 19.5 Å². The maximum atomic E-state index is 12.9. The van der Waals surface area contributed by atoms with Crippen molar-refractivity contribution in [2.45, 2.75) is 77.4 Å². The topological polar surface area (TPSA) is 90.9 Å². The van der Waals surface area contributed by atoms with Gasteiger partial charge in [0.15, 0.2) is 5.41 Å². The molecule has 0 bridgehead atoms. The van der Waals surface area contributed by atoms with Gasteiger partial charge in [0.25, 0.3) is 8.32 Å². The Morgan fingerprint density at radius 1 is 1.17 bits per heavy atom. The molecule has 1 fully saturated rings. The Morgan fingerprint density at radius 2 is 1.76 bits per heavy atom. The van der Waals surface area contributed by atoms with Crippen molar-refractivity contribution in [2.75, 3.05) is 13.7 Å². The summed E-state index contributed by atoms with van der Waals surface area (Å²) in [6.07, 6.45) is 2.19. The number of allylic oxidation sites excluding steroid dienone is 2. The summed E-state index contributed by atoms with van der Waals surface area (Å²) in [6, 6.07) is 0. The van der Waals surface area contributed by atoms with Gasteiger partial charge in [-0.15, -0.1) is 0 Å². The third kappa shape index (κ3) is 4.08. The molecule has 0 aromatic rings. The van der Waals surface area contributed by atoms with Crippen LogP contribution >= 0.6 is 0 Å². The molecule has 1 aliphatic heterocycles. The molecule has 0 spiro atoms. The molecule has 2 amide bonds. The van der Waals surface area contributed by atoms with Gasteiger partial charge in [0, 0.05) is 6.42 Å². The Labute approximate surface area is 174 Å². The molecular weight excluding hydrogens is 390 g/mol. The zero-order valence-electron chi connectivity index (χ0n) is 18.7. The highest BCUT2D eigenvalue weighted by Gasteiger charge is 2.58. The molecule has 1 N–H and O–H groups in total. The summed E-state index contributed by atoms with van der Waals surface area (Å²) in [7, 11) is -0.953. The van der Waals surface area contributed by atoms with Crippen molar-refractivity contribution in [3.63, 3.8) is 0 Å². The fourth-order valence-corrected chi connectivity index (χ4v) is 10.6. The van der Waals surface area contributed by atoms with Crippen LogP contribution in [0.25, 0.3) is 0 Å². The largest absolute Gasteiger partial charge is 0.546 e. The number of carbonyl (C=O) groups is 3. The van der Waals surface area contributed by atoms with Gasteiger partial charge in [-0.1, -0.05) is 41.5 Å². The normalized spacial score (nSPS) is 24.7. The number of cyclic esters (lactones) is 1. The molecule has 0 aromatic carbocycles. The second kappa shape index (κ2) is 8.89. The molecule has 29 heavy (non-hydrogen) atoms. The summed E-state index contributed by atoms with van der Waals surface area (Å²) in [5.74, 6) is -0.638. The molecule has 0 radical (unpaired) electrons. The van der Waals surface area contributed by atoms with Crippen molar-refractivity contribution >= 4 is 26.3 Å². The van der Waals surface area contributed by atoms with Crippen LogP contribution in [0.4, 0.5) is 4.79 Å². The number of nitrogens with one attached hydrogen (secondary N) is 1.